The van der Waals surface area contributed by atoms with Crippen molar-refractivity contribution in [1.29, 1.82) is 5.26 Å². The molecular formula is C40H50N4O8S2. The van der Waals surface area contributed by atoms with Gasteiger partial charge in [0.05, 0.1) is 56.0 Å². The van der Waals surface area contributed by atoms with Gasteiger partial charge in [-0.3, -0.25) is 4.79 Å². The number of anilines is 2. The first kappa shape index (κ1) is 42.7. The highest BCUT2D eigenvalue weighted by Crippen LogP contribution is 2.48. The Balaban J connectivity index is 1.11. The van der Waals surface area contributed by atoms with Crippen LogP contribution in [0.25, 0.3) is 4.85 Å². The second-order valence-corrected chi connectivity index (χ2v) is 14.7. The van der Waals surface area contributed by atoms with Gasteiger partial charge in [0.25, 0.3) is 0 Å². The molecule has 12 nitrogen and oxygen atoms in total. The summed E-state index contributed by atoms with van der Waals surface area (Å²) >= 11 is 2.98. The lowest BCUT2D eigenvalue weighted by Crippen LogP contribution is -2.23. The SMILES string of the molecule is [C-]#[N+]/C(COOCCOCCOCCOC(=O)/C(C#N)=C1\Sc2ccccc2N1CCCCCCOC(C)=O)=C1/Sc2ccccc2N1CCC(C)CC. The first-order chi connectivity index (χ1) is 26.4. The predicted molar refractivity (Wildman–Crippen MR) is 209 cm³/mol. The number of fused-ring (bicyclic) bond motifs is 2. The molecule has 0 saturated carbocycles. The Morgan fingerprint density at radius 1 is 0.796 bits per heavy atom. The Morgan fingerprint density at radius 2 is 1.41 bits per heavy atom. The largest absolute Gasteiger partial charge is 0.466 e. The maximum Gasteiger partial charge on any atom is 0.351 e. The summed E-state index contributed by atoms with van der Waals surface area (Å²) in [6.45, 7) is 16.7. The zero-order valence-corrected chi connectivity index (χ0v) is 33.0. The van der Waals surface area contributed by atoms with Crippen LogP contribution < -0.4 is 9.80 Å². The van der Waals surface area contributed by atoms with Gasteiger partial charge in [0.2, 0.25) is 5.70 Å². The van der Waals surface area contributed by atoms with E-state index in [1.54, 1.807) is 11.8 Å². The van der Waals surface area contributed by atoms with Crippen LogP contribution in [0.5, 0.6) is 0 Å². The topological polar surface area (TPSA) is 124 Å². The number of esters is 2. The number of thioether (sulfide) groups is 2. The number of hydrogen-bond acceptors (Lipinski definition) is 13. The Kier molecular flexibility index (Phi) is 18.7. The monoisotopic (exact) mass is 778 g/mol. The van der Waals surface area contributed by atoms with Crippen LogP contribution in [0.4, 0.5) is 11.4 Å². The van der Waals surface area contributed by atoms with Crippen molar-refractivity contribution in [2.75, 3.05) is 75.7 Å². The number of hydrogen-bond donors (Lipinski definition) is 0. The van der Waals surface area contributed by atoms with E-state index in [4.69, 9.17) is 35.3 Å². The van der Waals surface area contributed by atoms with Gasteiger partial charge in [-0.15, -0.1) is 0 Å². The number of nitriles is 1. The van der Waals surface area contributed by atoms with Crippen molar-refractivity contribution in [2.45, 2.75) is 69.1 Å². The van der Waals surface area contributed by atoms with E-state index in [0.717, 1.165) is 71.3 Å². The minimum atomic E-state index is -0.692. The van der Waals surface area contributed by atoms with E-state index in [1.807, 2.05) is 41.3 Å². The van der Waals surface area contributed by atoms with Gasteiger partial charge in [0.15, 0.2) is 5.57 Å². The number of ether oxygens (including phenoxy) is 4. The van der Waals surface area contributed by atoms with Crippen LogP contribution in [0.2, 0.25) is 0 Å². The first-order valence-electron chi connectivity index (χ1n) is 18.4. The third-order valence-electron chi connectivity index (χ3n) is 8.67. The normalized spacial score (nSPS) is 15.6. The molecule has 2 aliphatic heterocycles. The van der Waals surface area contributed by atoms with E-state index in [0.29, 0.717) is 36.4 Å². The van der Waals surface area contributed by atoms with E-state index < -0.39 is 5.97 Å². The molecule has 290 valence electrons. The molecule has 0 N–H and O–H groups in total. The number of carbonyl (C=O) groups excluding carboxylic acids is 2. The average Bonchev–Trinajstić information content (AvgIpc) is 3.73. The molecule has 0 aromatic heterocycles. The highest BCUT2D eigenvalue weighted by Gasteiger charge is 2.31. The fraction of sp³-hybridized carbons (Fsp3) is 0.500. The van der Waals surface area contributed by atoms with E-state index in [2.05, 4.69) is 41.8 Å². The zero-order chi connectivity index (χ0) is 38.5. The molecule has 0 saturated heterocycles. The fourth-order valence-electron chi connectivity index (χ4n) is 5.57. The lowest BCUT2D eigenvalue weighted by Gasteiger charge is -2.23. The van der Waals surface area contributed by atoms with Crippen molar-refractivity contribution in [2.24, 2.45) is 5.92 Å². The molecule has 1 unspecified atom stereocenters. The molecule has 0 bridgehead atoms. The standard InChI is InChI=1S/C40H50N4O8S2/c1-5-30(2)18-20-44-35-15-9-11-17-37(35)54-39(44)33(42-4)29-52-51-27-25-48-23-22-47-24-26-50-40(46)32(28-41)38-43(34-14-8-10-16-36(34)53-38)19-12-6-7-13-21-49-31(3)45/h8-11,14-17,30H,5-7,12-13,18-27,29H2,1-3H3/b38-32-,39-33+. The third kappa shape index (κ3) is 13.1. The number of nitrogens with zero attached hydrogens (tertiary/aromatic N) is 4. The van der Waals surface area contributed by atoms with Gasteiger partial charge >= 0.3 is 11.9 Å². The summed E-state index contributed by atoms with van der Waals surface area (Å²) in [4.78, 5) is 44.7. The number of benzene rings is 2. The lowest BCUT2D eigenvalue weighted by atomic mass is 10.1. The zero-order valence-electron chi connectivity index (χ0n) is 31.4. The summed E-state index contributed by atoms with van der Waals surface area (Å²) in [5.74, 6) is -0.374. The van der Waals surface area contributed by atoms with Crippen LogP contribution >= 0.6 is 23.5 Å². The molecule has 14 heteroatoms. The van der Waals surface area contributed by atoms with Gasteiger partial charge in [0, 0.05) is 29.8 Å². The van der Waals surface area contributed by atoms with Crippen molar-refractivity contribution < 1.29 is 38.3 Å². The molecule has 2 heterocycles. The molecule has 0 radical (unpaired) electrons. The Hall–Kier alpha value is -4.02. The highest BCUT2D eigenvalue weighted by molar-refractivity contribution is 8.04. The van der Waals surface area contributed by atoms with Gasteiger partial charge in [-0.25, -0.2) is 19.4 Å². The quantitative estimate of drug-likeness (QED) is 0.0194. The second-order valence-electron chi connectivity index (χ2n) is 12.6. The van der Waals surface area contributed by atoms with Crippen LogP contribution in [-0.4, -0.2) is 77.9 Å². The van der Waals surface area contributed by atoms with Crippen molar-refractivity contribution >= 4 is 46.8 Å². The molecule has 0 spiro atoms. The molecule has 0 fully saturated rings. The van der Waals surface area contributed by atoms with Crippen molar-refractivity contribution in [3.8, 4) is 6.07 Å². The van der Waals surface area contributed by atoms with Crippen molar-refractivity contribution in [3.05, 3.63) is 81.3 Å². The molecule has 0 aliphatic carbocycles. The average molecular weight is 779 g/mol. The predicted octanol–water partition coefficient (Wildman–Crippen LogP) is 8.12. The molecule has 54 heavy (non-hydrogen) atoms. The van der Waals surface area contributed by atoms with E-state index >= 15 is 0 Å². The summed E-state index contributed by atoms with van der Waals surface area (Å²) in [5.41, 5.74) is 2.54. The highest BCUT2D eigenvalue weighted by atomic mass is 32.2. The van der Waals surface area contributed by atoms with E-state index in [-0.39, 0.29) is 51.2 Å². The number of carbonyl (C=O) groups is 2. The lowest BCUT2D eigenvalue weighted by molar-refractivity contribution is -0.292. The van der Waals surface area contributed by atoms with Gasteiger partial charge in [0.1, 0.15) is 30.9 Å². The molecule has 2 aromatic carbocycles. The maximum atomic E-state index is 13.0. The molecule has 0 amide bonds. The van der Waals surface area contributed by atoms with Crippen LogP contribution in [0, 0.1) is 23.8 Å². The van der Waals surface area contributed by atoms with Crippen LogP contribution in [0.1, 0.15) is 59.3 Å². The van der Waals surface area contributed by atoms with Gasteiger partial charge in [-0.2, -0.15) is 5.26 Å². The molecule has 4 rings (SSSR count). The minimum Gasteiger partial charge on any atom is -0.466 e. The van der Waals surface area contributed by atoms with Crippen molar-refractivity contribution in [1.82, 2.24) is 0 Å². The van der Waals surface area contributed by atoms with Crippen LogP contribution in [-0.2, 0) is 38.3 Å². The van der Waals surface area contributed by atoms with Gasteiger partial charge < -0.3 is 28.7 Å². The smallest absolute Gasteiger partial charge is 0.351 e. The molecule has 1 atom stereocenters. The van der Waals surface area contributed by atoms with E-state index in [1.165, 1.54) is 18.7 Å². The summed E-state index contributed by atoms with van der Waals surface area (Å²) in [7, 11) is 0. The Labute approximate surface area is 327 Å². The number of unbranched alkanes of at least 4 members (excludes halogenated alkanes) is 3. The van der Waals surface area contributed by atoms with Crippen LogP contribution in [0.3, 0.4) is 0 Å². The van der Waals surface area contributed by atoms with Crippen molar-refractivity contribution in [3.63, 3.8) is 0 Å². The molecule has 2 aliphatic rings. The summed E-state index contributed by atoms with van der Waals surface area (Å²) in [5, 5.41) is 11.4. The Morgan fingerprint density at radius 3 is 2.06 bits per heavy atom. The first-order valence-corrected chi connectivity index (χ1v) is 20.0. The van der Waals surface area contributed by atoms with Crippen LogP contribution in [0.15, 0.2) is 79.7 Å². The Bertz CT molecular complexity index is 1690. The maximum absolute atomic E-state index is 13.0. The fourth-order valence-corrected chi connectivity index (χ4v) is 7.90. The molecular weight excluding hydrogens is 729 g/mol. The second kappa shape index (κ2) is 23.7. The van der Waals surface area contributed by atoms with Gasteiger partial charge in [-0.1, -0.05) is 74.5 Å². The number of para-hydroxylation sites is 2. The molecule has 2 aromatic rings. The number of rotatable bonds is 24. The summed E-state index contributed by atoms with van der Waals surface area (Å²) in [6.07, 6.45) is 5.60. The van der Waals surface area contributed by atoms with Gasteiger partial charge in [-0.05, 0) is 55.9 Å². The third-order valence-corrected chi connectivity index (χ3v) is 11.1. The summed E-state index contributed by atoms with van der Waals surface area (Å²) in [6, 6.07) is 18.1. The van der Waals surface area contributed by atoms with E-state index in [9.17, 15) is 14.9 Å². The minimum absolute atomic E-state index is 0.00842. The summed E-state index contributed by atoms with van der Waals surface area (Å²) < 4.78 is 21.5.